The van der Waals surface area contributed by atoms with Crippen molar-refractivity contribution in [1.82, 2.24) is 10.2 Å². The van der Waals surface area contributed by atoms with E-state index in [2.05, 4.69) is 31.0 Å². The predicted molar refractivity (Wildman–Crippen MR) is 70.4 cm³/mol. The first-order valence-electron chi connectivity index (χ1n) is 6.79. The van der Waals surface area contributed by atoms with Crippen molar-refractivity contribution in [2.24, 2.45) is 0 Å². The molecule has 1 aliphatic heterocycles. The lowest BCUT2D eigenvalue weighted by molar-refractivity contribution is -0.0815. The second kappa shape index (κ2) is 8.03. The van der Waals surface area contributed by atoms with Gasteiger partial charge in [0.25, 0.3) is 0 Å². The Hall–Kier alpha value is -0.160. The largest absolute Gasteiger partial charge is 0.383 e. The van der Waals surface area contributed by atoms with Crippen LogP contribution in [-0.4, -0.2) is 63.0 Å². The average Bonchev–Trinajstić information content (AvgIpc) is 2.34. The van der Waals surface area contributed by atoms with E-state index in [-0.39, 0.29) is 0 Å². The van der Waals surface area contributed by atoms with Gasteiger partial charge in [-0.2, -0.15) is 0 Å². The second-order valence-corrected chi connectivity index (χ2v) is 4.82. The van der Waals surface area contributed by atoms with Crippen LogP contribution in [0.5, 0.6) is 0 Å². The monoisotopic (exact) mass is 244 g/mol. The molecule has 1 fully saturated rings. The van der Waals surface area contributed by atoms with E-state index >= 15 is 0 Å². The molecule has 4 nitrogen and oxygen atoms in total. The summed E-state index contributed by atoms with van der Waals surface area (Å²) < 4.78 is 11.1. The summed E-state index contributed by atoms with van der Waals surface area (Å²) in [4.78, 5) is 2.56. The average molecular weight is 244 g/mol. The number of nitrogens with zero attached hydrogens (tertiary/aromatic N) is 1. The molecule has 0 amide bonds. The zero-order valence-electron chi connectivity index (χ0n) is 11.7. The van der Waals surface area contributed by atoms with Crippen molar-refractivity contribution in [3.05, 3.63) is 0 Å². The van der Waals surface area contributed by atoms with Crippen LogP contribution in [0.2, 0.25) is 0 Å². The minimum Gasteiger partial charge on any atom is -0.383 e. The van der Waals surface area contributed by atoms with E-state index in [0.29, 0.717) is 18.2 Å². The molecule has 17 heavy (non-hydrogen) atoms. The van der Waals surface area contributed by atoms with Gasteiger partial charge < -0.3 is 14.8 Å². The lowest BCUT2D eigenvalue weighted by atomic mass is 10.1. The second-order valence-electron chi connectivity index (χ2n) is 4.82. The summed E-state index contributed by atoms with van der Waals surface area (Å²) in [6, 6.07) is 0.987. The summed E-state index contributed by atoms with van der Waals surface area (Å²) in [5.74, 6) is 0. The smallest absolute Gasteiger partial charge is 0.0674 e. The molecule has 0 radical (unpaired) electrons. The Labute approximate surface area is 106 Å². The van der Waals surface area contributed by atoms with E-state index in [1.807, 2.05) is 0 Å². The van der Waals surface area contributed by atoms with E-state index < -0.39 is 0 Å². The minimum atomic E-state index is 0.332. The molecule has 0 aliphatic carbocycles. The van der Waals surface area contributed by atoms with Crippen LogP contribution in [0.4, 0.5) is 0 Å². The summed E-state index contributed by atoms with van der Waals surface area (Å²) in [6.07, 6.45) is 1.47. The van der Waals surface area contributed by atoms with Crippen molar-refractivity contribution in [1.29, 1.82) is 0 Å². The molecule has 4 heteroatoms. The Kier molecular flexibility index (Phi) is 7.04. The number of hydrogen-bond donors (Lipinski definition) is 1. The molecule has 1 N–H and O–H groups in total. The highest BCUT2D eigenvalue weighted by Crippen LogP contribution is 2.17. The van der Waals surface area contributed by atoms with Crippen LogP contribution >= 0.6 is 0 Å². The van der Waals surface area contributed by atoms with E-state index in [1.165, 1.54) is 0 Å². The molecule has 0 saturated carbocycles. The Morgan fingerprint density at radius 2 is 2.24 bits per heavy atom. The van der Waals surface area contributed by atoms with Crippen molar-refractivity contribution < 1.29 is 9.47 Å². The van der Waals surface area contributed by atoms with Gasteiger partial charge in [0.05, 0.1) is 19.3 Å². The van der Waals surface area contributed by atoms with Gasteiger partial charge in [-0.15, -0.1) is 0 Å². The van der Waals surface area contributed by atoms with Gasteiger partial charge in [0.2, 0.25) is 0 Å². The van der Waals surface area contributed by atoms with Crippen LogP contribution in [0.15, 0.2) is 0 Å². The highest BCUT2D eigenvalue weighted by molar-refractivity contribution is 4.84. The molecule has 0 bridgehead atoms. The zero-order chi connectivity index (χ0) is 12.7. The van der Waals surface area contributed by atoms with Gasteiger partial charge in [0.15, 0.2) is 0 Å². The maximum atomic E-state index is 5.74. The van der Waals surface area contributed by atoms with E-state index in [4.69, 9.17) is 9.47 Å². The summed E-state index contributed by atoms with van der Waals surface area (Å²) in [5, 5.41) is 3.43. The fourth-order valence-electron chi connectivity index (χ4n) is 2.44. The molecule has 3 atom stereocenters. The van der Waals surface area contributed by atoms with Crippen LogP contribution in [0.1, 0.15) is 27.2 Å². The van der Waals surface area contributed by atoms with Gasteiger partial charge in [-0.1, -0.05) is 13.8 Å². The normalized spacial score (nSPS) is 28.2. The number of rotatable bonds is 7. The quantitative estimate of drug-likeness (QED) is 0.727. The zero-order valence-corrected chi connectivity index (χ0v) is 11.7. The van der Waals surface area contributed by atoms with Crippen LogP contribution < -0.4 is 5.32 Å². The lowest BCUT2D eigenvalue weighted by Gasteiger charge is -2.43. The number of morpholine rings is 1. The first kappa shape index (κ1) is 14.9. The fraction of sp³-hybridized carbons (Fsp3) is 1.00. The van der Waals surface area contributed by atoms with Crippen LogP contribution in [-0.2, 0) is 9.47 Å². The van der Waals surface area contributed by atoms with Gasteiger partial charge in [-0.3, -0.25) is 4.90 Å². The third-order valence-corrected chi connectivity index (χ3v) is 3.44. The first-order chi connectivity index (χ1) is 8.22. The molecule has 3 unspecified atom stereocenters. The molecular weight excluding hydrogens is 216 g/mol. The number of methoxy groups -OCH3 is 1. The molecule has 0 aromatic heterocycles. The van der Waals surface area contributed by atoms with Crippen LogP contribution in [0.25, 0.3) is 0 Å². The van der Waals surface area contributed by atoms with Crippen molar-refractivity contribution in [2.75, 3.05) is 40.0 Å². The molecule has 0 aromatic rings. The molecule has 1 saturated heterocycles. The molecular formula is C13H28N2O2. The summed E-state index contributed by atoms with van der Waals surface area (Å²) in [5.41, 5.74) is 0. The minimum absolute atomic E-state index is 0.332. The molecule has 1 aliphatic rings. The molecule has 1 rings (SSSR count). The lowest BCUT2D eigenvalue weighted by Crippen LogP contribution is -2.57. The van der Waals surface area contributed by atoms with E-state index in [0.717, 1.165) is 39.3 Å². The SMILES string of the molecule is CCNCC(COC)N1CC(C)OCC1CC. The summed E-state index contributed by atoms with van der Waals surface area (Å²) in [6.45, 7) is 11.2. The van der Waals surface area contributed by atoms with E-state index in [1.54, 1.807) is 7.11 Å². The molecule has 1 heterocycles. The maximum absolute atomic E-state index is 5.74. The van der Waals surface area contributed by atoms with Crippen molar-refractivity contribution >= 4 is 0 Å². The van der Waals surface area contributed by atoms with Crippen molar-refractivity contribution in [3.63, 3.8) is 0 Å². The summed E-state index contributed by atoms with van der Waals surface area (Å²) >= 11 is 0. The Bertz CT molecular complexity index is 202. The number of likely N-dealkylation sites (N-methyl/N-ethyl adjacent to an activating group) is 1. The number of ether oxygens (including phenoxy) is 2. The number of hydrogen-bond acceptors (Lipinski definition) is 4. The van der Waals surface area contributed by atoms with Gasteiger partial charge >= 0.3 is 0 Å². The maximum Gasteiger partial charge on any atom is 0.0674 e. The Morgan fingerprint density at radius 3 is 2.82 bits per heavy atom. The van der Waals surface area contributed by atoms with E-state index in [9.17, 15) is 0 Å². The third kappa shape index (κ3) is 4.54. The first-order valence-corrected chi connectivity index (χ1v) is 6.79. The molecule has 0 aromatic carbocycles. The van der Waals surface area contributed by atoms with Crippen LogP contribution in [0, 0.1) is 0 Å². The predicted octanol–water partition coefficient (Wildman–Crippen LogP) is 1.11. The highest BCUT2D eigenvalue weighted by atomic mass is 16.5. The molecule has 102 valence electrons. The third-order valence-electron chi connectivity index (χ3n) is 3.44. The summed E-state index contributed by atoms with van der Waals surface area (Å²) in [7, 11) is 1.78. The Balaban J connectivity index is 2.59. The van der Waals surface area contributed by atoms with Gasteiger partial charge in [0, 0.05) is 32.3 Å². The van der Waals surface area contributed by atoms with Crippen molar-refractivity contribution in [3.8, 4) is 0 Å². The highest BCUT2D eigenvalue weighted by Gasteiger charge is 2.30. The topological polar surface area (TPSA) is 33.7 Å². The molecule has 0 spiro atoms. The van der Waals surface area contributed by atoms with Gasteiger partial charge in [-0.25, -0.2) is 0 Å². The Morgan fingerprint density at radius 1 is 1.47 bits per heavy atom. The van der Waals surface area contributed by atoms with Crippen molar-refractivity contribution in [2.45, 2.75) is 45.4 Å². The van der Waals surface area contributed by atoms with Gasteiger partial charge in [-0.05, 0) is 19.9 Å². The van der Waals surface area contributed by atoms with Crippen LogP contribution in [0.3, 0.4) is 0 Å². The van der Waals surface area contributed by atoms with Gasteiger partial charge in [0.1, 0.15) is 0 Å². The fourth-order valence-corrected chi connectivity index (χ4v) is 2.44. The number of nitrogens with one attached hydrogen (secondary N) is 1. The standard InChI is InChI=1S/C13H28N2O2/c1-5-12-10-17-11(3)8-15(12)13(9-16-4)7-14-6-2/h11-14H,5-10H2,1-4H3.